The zero-order valence-electron chi connectivity index (χ0n) is 12.7. The Morgan fingerprint density at radius 3 is 2.13 bits per heavy atom. The lowest BCUT2D eigenvalue weighted by Gasteiger charge is -2.13. The molecule has 0 fully saturated rings. The van der Waals surface area contributed by atoms with Crippen LogP contribution in [-0.2, 0) is 0 Å². The van der Waals surface area contributed by atoms with E-state index in [1.807, 2.05) is 30.3 Å². The summed E-state index contributed by atoms with van der Waals surface area (Å²) >= 11 is 0. The normalized spacial score (nSPS) is 10.4. The standard InChI is InChI=1S/C16H16N4O3/c1-22-13-8-7-10(9-14(13)23-2)17-15-16(20-21)19-12-6-4-3-5-11(12)18-15/h3-9,21H,1-2H3,(H,17,18)(H,19,20). The largest absolute Gasteiger partial charge is 0.493 e. The van der Waals surface area contributed by atoms with E-state index >= 15 is 0 Å². The van der Waals surface area contributed by atoms with Crippen LogP contribution in [0.2, 0.25) is 0 Å². The van der Waals surface area contributed by atoms with E-state index in [2.05, 4.69) is 20.8 Å². The summed E-state index contributed by atoms with van der Waals surface area (Å²) < 4.78 is 10.5. The molecule has 23 heavy (non-hydrogen) atoms. The molecule has 1 aromatic heterocycles. The van der Waals surface area contributed by atoms with Crippen LogP contribution in [0.5, 0.6) is 11.5 Å². The molecule has 0 saturated heterocycles. The second-order valence-corrected chi connectivity index (χ2v) is 4.72. The lowest BCUT2D eigenvalue weighted by Crippen LogP contribution is -2.03. The molecule has 0 unspecified atom stereocenters. The summed E-state index contributed by atoms with van der Waals surface area (Å²) in [6.45, 7) is 0. The van der Waals surface area contributed by atoms with Gasteiger partial charge >= 0.3 is 0 Å². The molecule has 3 N–H and O–H groups in total. The quantitative estimate of drug-likeness (QED) is 0.623. The molecule has 0 aliphatic carbocycles. The number of rotatable bonds is 5. The zero-order valence-corrected chi connectivity index (χ0v) is 12.7. The van der Waals surface area contributed by atoms with Crippen molar-refractivity contribution in [1.82, 2.24) is 9.97 Å². The fraction of sp³-hybridized carbons (Fsp3) is 0.125. The Balaban J connectivity index is 2.00. The molecule has 2 aromatic carbocycles. The molecule has 0 spiro atoms. The Hall–Kier alpha value is -3.06. The Kier molecular flexibility index (Phi) is 4.11. The van der Waals surface area contributed by atoms with Gasteiger partial charge in [-0.25, -0.2) is 15.4 Å². The summed E-state index contributed by atoms with van der Waals surface area (Å²) in [6, 6.07) is 12.8. The SMILES string of the molecule is COc1ccc(Nc2nc3ccccc3nc2NO)cc1OC. The molecular formula is C16H16N4O3. The van der Waals surface area contributed by atoms with E-state index < -0.39 is 0 Å². The van der Waals surface area contributed by atoms with Crippen molar-refractivity contribution in [3.8, 4) is 11.5 Å². The predicted octanol–water partition coefficient (Wildman–Crippen LogP) is 3.19. The maximum Gasteiger partial charge on any atom is 0.194 e. The van der Waals surface area contributed by atoms with Crippen molar-refractivity contribution in [2.45, 2.75) is 0 Å². The fourth-order valence-electron chi connectivity index (χ4n) is 2.22. The third-order valence-corrected chi connectivity index (χ3v) is 3.32. The minimum Gasteiger partial charge on any atom is -0.493 e. The maximum atomic E-state index is 9.30. The predicted molar refractivity (Wildman–Crippen MR) is 87.8 cm³/mol. The summed E-state index contributed by atoms with van der Waals surface area (Å²) in [5.41, 5.74) is 4.19. The van der Waals surface area contributed by atoms with Crippen molar-refractivity contribution in [3.63, 3.8) is 0 Å². The smallest absolute Gasteiger partial charge is 0.194 e. The number of aromatic nitrogens is 2. The van der Waals surface area contributed by atoms with Gasteiger partial charge in [0.05, 0.1) is 25.3 Å². The van der Waals surface area contributed by atoms with Gasteiger partial charge in [0.2, 0.25) is 0 Å². The van der Waals surface area contributed by atoms with Crippen molar-refractivity contribution in [2.75, 3.05) is 25.0 Å². The number of nitrogens with one attached hydrogen (secondary N) is 2. The minimum absolute atomic E-state index is 0.235. The number of anilines is 3. The number of hydrogen-bond donors (Lipinski definition) is 3. The monoisotopic (exact) mass is 312 g/mol. The van der Waals surface area contributed by atoms with Crippen LogP contribution in [0, 0.1) is 0 Å². The second kappa shape index (κ2) is 6.37. The van der Waals surface area contributed by atoms with Crippen molar-refractivity contribution in [3.05, 3.63) is 42.5 Å². The van der Waals surface area contributed by atoms with E-state index in [9.17, 15) is 5.21 Å². The highest BCUT2D eigenvalue weighted by molar-refractivity contribution is 5.81. The lowest BCUT2D eigenvalue weighted by atomic mass is 10.2. The highest BCUT2D eigenvalue weighted by Gasteiger charge is 2.10. The summed E-state index contributed by atoms with van der Waals surface area (Å²) in [6.07, 6.45) is 0. The molecule has 0 atom stereocenters. The first kappa shape index (κ1) is 14.9. The first-order valence-electron chi connectivity index (χ1n) is 6.91. The van der Waals surface area contributed by atoms with Crippen molar-refractivity contribution in [1.29, 1.82) is 0 Å². The van der Waals surface area contributed by atoms with Gasteiger partial charge in [0, 0.05) is 11.8 Å². The fourth-order valence-corrected chi connectivity index (χ4v) is 2.22. The number of ether oxygens (including phenoxy) is 2. The number of methoxy groups -OCH3 is 2. The van der Waals surface area contributed by atoms with Crippen molar-refractivity contribution < 1.29 is 14.7 Å². The van der Waals surface area contributed by atoms with Crippen LogP contribution in [-0.4, -0.2) is 29.4 Å². The molecule has 7 heteroatoms. The van der Waals surface area contributed by atoms with Gasteiger partial charge in [0.15, 0.2) is 23.1 Å². The van der Waals surface area contributed by atoms with Gasteiger partial charge < -0.3 is 14.8 Å². The first-order chi connectivity index (χ1) is 11.2. The molecule has 0 bridgehead atoms. The number of hydrogen-bond acceptors (Lipinski definition) is 7. The van der Waals surface area contributed by atoms with Crippen molar-refractivity contribution >= 4 is 28.4 Å². The Labute approximate surface area is 132 Å². The third-order valence-electron chi connectivity index (χ3n) is 3.32. The van der Waals surface area contributed by atoms with Crippen LogP contribution in [0.4, 0.5) is 17.3 Å². The third kappa shape index (κ3) is 2.95. The molecular weight excluding hydrogens is 296 g/mol. The highest BCUT2D eigenvalue weighted by Crippen LogP contribution is 2.32. The van der Waals surface area contributed by atoms with Crippen molar-refractivity contribution in [2.24, 2.45) is 0 Å². The highest BCUT2D eigenvalue weighted by atomic mass is 16.5. The van der Waals surface area contributed by atoms with E-state index in [4.69, 9.17) is 9.47 Å². The van der Waals surface area contributed by atoms with Gasteiger partial charge in [-0.3, -0.25) is 5.21 Å². The van der Waals surface area contributed by atoms with Crippen LogP contribution in [0.3, 0.4) is 0 Å². The summed E-state index contributed by atoms with van der Waals surface area (Å²) in [7, 11) is 3.14. The minimum atomic E-state index is 0.235. The van der Waals surface area contributed by atoms with Gasteiger partial charge in [0.25, 0.3) is 0 Å². The van der Waals surface area contributed by atoms with Crippen LogP contribution < -0.4 is 20.3 Å². The average Bonchev–Trinajstić information content (AvgIpc) is 2.61. The maximum absolute atomic E-state index is 9.30. The first-order valence-corrected chi connectivity index (χ1v) is 6.91. The summed E-state index contributed by atoms with van der Waals surface area (Å²) in [5.74, 6) is 1.85. The molecule has 0 aliphatic rings. The van der Waals surface area contributed by atoms with Gasteiger partial charge in [-0.1, -0.05) is 12.1 Å². The van der Waals surface area contributed by atoms with E-state index in [0.29, 0.717) is 22.8 Å². The van der Waals surface area contributed by atoms with Gasteiger partial charge in [-0.15, -0.1) is 0 Å². The number of nitrogens with zero attached hydrogens (tertiary/aromatic N) is 2. The zero-order chi connectivity index (χ0) is 16.2. The lowest BCUT2D eigenvalue weighted by molar-refractivity contribution is 0.355. The Morgan fingerprint density at radius 2 is 1.52 bits per heavy atom. The van der Waals surface area contributed by atoms with Crippen LogP contribution >= 0.6 is 0 Å². The van der Waals surface area contributed by atoms with E-state index in [-0.39, 0.29) is 5.82 Å². The van der Waals surface area contributed by atoms with Crippen LogP contribution in [0.25, 0.3) is 11.0 Å². The van der Waals surface area contributed by atoms with E-state index in [1.54, 1.807) is 26.4 Å². The van der Waals surface area contributed by atoms with E-state index in [0.717, 1.165) is 11.2 Å². The Morgan fingerprint density at radius 1 is 0.870 bits per heavy atom. The number of fused-ring (bicyclic) bond motifs is 1. The number of para-hydroxylation sites is 2. The van der Waals surface area contributed by atoms with Gasteiger partial charge in [0.1, 0.15) is 0 Å². The molecule has 0 radical (unpaired) electrons. The summed E-state index contributed by atoms with van der Waals surface area (Å²) in [5, 5.41) is 12.4. The molecule has 0 saturated carbocycles. The molecule has 3 rings (SSSR count). The number of benzene rings is 2. The van der Waals surface area contributed by atoms with Gasteiger partial charge in [-0.05, 0) is 24.3 Å². The molecule has 7 nitrogen and oxygen atoms in total. The molecule has 3 aromatic rings. The molecule has 0 amide bonds. The molecule has 0 aliphatic heterocycles. The molecule has 1 heterocycles. The van der Waals surface area contributed by atoms with Crippen LogP contribution in [0.1, 0.15) is 0 Å². The second-order valence-electron chi connectivity index (χ2n) is 4.72. The van der Waals surface area contributed by atoms with Gasteiger partial charge in [-0.2, -0.15) is 0 Å². The van der Waals surface area contributed by atoms with E-state index in [1.165, 1.54) is 0 Å². The Bertz CT molecular complexity index is 839. The molecule has 118 valence electrons. The topological polar surface area (TPSA) is 88.5 Å². The summed E-state index contributed by atoms with van der Waals surface area (Å²) in [4.78, 5) is 8.80. The van der Waals surface area contributed by atoms with Crippen LogP contribution in [0.15, 0.2) is 42.5 Å². The average molecular weight is 312 g/mol.